The second-order valence-corrected chi connectivity index (χ2v) is 6.34. The second kappa shape index (κ2) is 3.66. The van der Waals surface area contributed by atoms with Gasteiger partial charge < -0.3 is 5.73 Å². The largest absolute Gasteiger partial charge is 0.397 e. The van der Waals surface area contributed by atoms with E-state index < -0.39 is 10.0 Å². The predicted octanol–water partition coefficient (Wildman–Crippen LogP) is 1.54. The molecule has 0 aliphatic heterocycles. The van der Waals surface area contributed by atoms with E-state index in [0.717, 1.165) is 0 Å². The molecule has 1 fully saturated rings. The Bertz CT molecular complexity index is 507. The molecular weight excluding hydrogens is 224 g/mol. The minimum Gasteiger partial charge on any atom is -0.397 e. The summed E-state index contributed by atoms with van der Waals surface area (Å²) in [5, 5.41) is 0. The normalized spacial score (nSPS) is 16.1. The van der Waals surface area contributed by atoms with Gasteiger partial charge >= 0.3 is 0 Å². The second-order valence-electron chi connectivity index (χ2n) is 4.32. The maximum absolute atomic E-state index is 11.5. The molecule has 0 amide bonds. The van der Waals surface area contributed by atoms with E-state index in [1.807, 2.05) is 12.1 Å². The van der Waals surface area contributed by atoms with E-state index in [2.05, 4.69) is 0 Å². The standard InChI is InChI=1S/C11H16N2O2S/c1-13(16(2,14)15)11-7-9(8-3-4-8)5-6-10(11)12/h5-8H,3-4,12H2,1-2H3. The van der Waals surface area contributed by atoms with Crippen molar-refractivity contribution in [2.75, 3.05) is 23.3 Å². The van der Waals surface area contributed by atoms with Gasteiger partial charge in [-0.3, -0.25) is 4.31 Å². The van der Waals surface area contributed by atoms with Gasteiger partial charge in [0.2, 0.25) is 10.0 Å². The van der Waals surface area contributed by atoms with E-state index >= 15 is 0 Å². The van der Waals surface area contributed by atoms with Gasteiger partial charge in [-0.1, -0.05) is 6.07 Å². The highest BCUT2D eigenvalue weighted by atomic mass is 32.2. The molecule has 2 N–H and O–H groups in total. The molecule has 0 heterocycles. The first-order valence-electron chi connectivity index (χ1n) is 5.23. The average molecular weight is 240 g/mol. The highest BCUT2D eigenvalue weighted by Gasteiger charge is 2.25. The maximum Gasteiger partial charge on any atom is 0.232 e. The summed E-state index contributed by atoms with van der Waals surface area (Å²) in [5.41, 5.74) is 8.06. The van der Waals surface area contributed by atoms with Crippen molar-refractivity contribution in [3.05, 3.63) is 23.8 Å². The van der Waals surface area contributed by atoms with Gasteiger partial charge in [-0.25, -0.2) is 8.42 Å². The molecule has 1 aliphatic rings. The lowest BCUT2D eigenvalue weighted by molar-refractivity contribution is 0.600. The molecule has 0 unspecified atom stereocenters. The number of anilines is 2. The zero-order chi connectivity index (χ0) is 11.9. The van der Waals surface area contributed by atoms with Crippen molar-refractivity contribution in [2.24, 2.45) is 0 Å². The van der Waals surface area contributed by atoms with Crippen molar-refractivity contribution in [1.82, 2.24) is 0 Å². The van der Waals surface area contributed by atoms with Crippen molar-refractivity contribution in [2.45, 2.75) is 18.8 Å². The third-order valence-electron chi connectivity index (χ3n) is 2.94. The van der Waals surface area contributed by atoms with Crippen LogP contribution in [0.1, 0.15) is 24.3 Å². The smallest absolute Gasteiger partial charge is 0.232 e. The molecule has 88 valence electrons. The molecule has 16 heavy (non-hydrogen) atoms. The molecule has 1 saturated carbocycles. The molecule has 0 atom stereocenters. The first-order chi connectivity index (χ1) is 7.39. The molecule has 1 aromatic carbocycles. The fourth-order valence-electron chi connectivity index (χ4n) is 1.68. The summed E-state index contributed by atoms with van der Waals surface area (Å²) in [6.07, 6.45) is 3.55. The Morgan fingerprint density at radius 3 is 2.50 bits per heavy atom. The minimum absolute atomic E-state index is 0.498. The van der Waals surface area contributed by atoms with Crippen LogP contribution in [0, 0.1) is 0 Å². The third-order valence-corrected chi connectivity index (χ3v) is 4.13. The van der Waals surface area contributed by atoms with Crippen molar-refractivity contribution in [1.29, 1.82) is 0 Å². The third kappa shape index (κ3) is 2.14. The van der Waals surface area contributed by atoms with Crippen LogP contribution < -0.4 is 10.0 Å². The summed E-state index contributed by atoms with van der Waals surface area (Å²) in [6, 6.07) is 5.64. The minimum atomic E-state index is -3.25. The summed E-state index contributed by atoms with van der Waals surface area (Å²) >= 11 is 0. The lowest BCUT2D eigenvalue weighted by Gasteiger charge is -2.19. The highest BCUT2D eigenvalue weighted by molar-refractivity contribution is 7.92. The fourth-order valence-corrected chi connectivity index (χ4v) is 2.20. The van der Waals surface area contributed by atoms with E-state index in [1.54, 1.807) is 6.07 Å². The van der Waals surface area contributed by atoms with Crippen LogP contribution in [0.15, 0.2) is 18.2 Å². The number of hydrogen-bond donors (Lipinski definition) is 1. The monoisotopic (exact) mass is 240 g/mol. The Kier molecular flexibility index (Phi) is 2.58. The van der Waals surface area contributed by atoms with E-state index in [-0.39, 0.29) is 0 Å². The molecule has 1 aliphatic carbocycles. The number of nitrogens with two attached hydrogens (primary N) is 1. The highest BCUT2D eigenvalue weighted by Crippen LogP contribution is 2.42. The van der Waals surface area contributed by atoms with Crippen molar-refractivity contribution in [3.8, 4) is 0 Å². The van der Waals surface area contributed by atoms with Gasteiger partial charge in [0, 0.05) is 7.05 Å². The van der Waals surface area contributed by atoms with E-state index in [0.29, 0.717) is 17.3 Å². The molecule has 0 bridgehead atoms. The summed E-state index contributed by atoms with van der Waals surface area (Å²) in [5.74, 6) is 0.590. The summed E-state index contributed by atoms with van der Waals surface area (Å²) < 4.78 is 24.1. The Morgan fingerprint density at radius 1 is 1.38 bits per heavy atom. The molecule has 4 nitrogen and oxygen atoms in total. The molecule has 1 aromatic rings. The van der Waals surface area contributed by atoms with E-state index in [1.165, 1.54) is 36.0 Å². The molecule has 0 saturated heterocycles. The van der Waals surface area contributed by atoms with Crippen molar-refractivity contribution >= 4 is 21.4 Å². The van der Waals surface area contributed by atoms with Gasteiger partial charge in [0.15, 0.2) is 0 Å². The van der Waals surface area contributed by atoms with Crippen LogP contribution in [0.25, 0.3) is 0 Å². The van der Waals surface area contributed by atoms with Crippen LogP contribution in [0.3, 0.4) is 0 Å². The van der Waals surface area contributed by atoms with Crippen molar-refractivity contribution < 1.29 is 8.42 Å². The quantitative estimate of drug-likeness (QED) is 0.815. The summed E-state index contributed by atoms with van der Waals surface area (Å²) in [6.45, 7) is 0. The maximum atomic E-state index is 11.5. The molecule has 2 rings (SSSR count). The number of nitrogens with zero attached hydrogens (tertiary/aromatic N) is 1. The van der Waals surface area contributed by atoms with Crippen LogP contribution >= 0.6 is 0 Å². The molecule has 5 heteroatoms. The van der Waals surface area contributed by atoms with Gasteiger partial charge in [-0.2, -0.15) is 0 Å². The van der Waals surface area contributed by atoms with Crippen molar-refractivity contribution in [3.63, 3.8) is 0 Å². The zero-order valence-corrected chi connectivity index (χ0v) is 10.3. The summed E-state index contributed by atoms with van der Waals surface area (Å²) in [7, 11) is -1.72. The van der Waals surface area contributed by atoms with Gasteiger partial charge in [0.05, 0.1) is 17.6 Å². The van der Waals surface area contributed by atoms with Crippen LogP contribution in [0.2, 0.25) is 0 Å². The molecule has 0 spiro atoms. The first-order valence-corrected chi connectivity index (χ1v) is 7.08. The number of rotatable bonds is 3. The van der Waals surface area contributed by atoms with Gasteiger partial charge in [-0.05, 0) is 36.5 Å². The predicted molar refractivity (Wildman–Crippen MR) is 66.1 cm³/mol. The number of nitrogen functional groups attached to an aromatic ring is 1. The Balaban J connectivity index is 2.42. The SMILES string of the molecule is CN(c1cc(C2CC2)ccc1N)S(C)(=O)=O. The Hall–Kier alpha value is -1.23. The molecular formula is C11H16N2O2S. The van der Waals surface area contributed by atoms with Gasteiger partial charge in [0.25, 0.3) is 0 Å². The number of hydrogen-bond acceptors (Lipinski definition) is 3. The van der Waals surface area contributed by atoms with E-state index in [9.17, 15) is 8.42 Å². The first kappa shape index (κ1) is 11.3. The Labute approximate surface area is 96.1 Å². The summed E-state index contributed by atoms with van der Waals surface area (Å²) in [4.78, 5) is 0. The lowest BCUT2D eigenvalue weighted by Crippen LogP contribution is -2.25. The van der Waals surface area contributed by atoms with Crippen LogP contribution in [0.4, 0.5) is 11.4 Å². The van der Waals surface area contributed by atoms with E-state index in [4.69, 9.17) is 5.73 Å². The van der Waals surface area contributed by atoms with Gasteiger partial charge in [0.1, 0.15) is 0 Å². The Morgan fingerprint density at radius 2 is 2.00 bits per heavy atom. The number of sulfonamides is 1. The van der Waals surface area contributed by atoms with Gasteiger partial charge in [-0.15, -0.1) is 0 Å². The van der Waals surface area contributed by atoms with Crippen LogP contribution in [-0.4, -0.2) is 21.7 Å². The van der Waals surface area contributed by atoms with Crippen LogP contribution in [-0.2, 0) is 10.0 Å². The molecule has 0 radical (unpaired) electrons. The molecule has 0 aromatic heterocycles. The number of benzene rings is 1. The zero-order valence-electron chi connectivity index (χ0n) is 9.47. The lowest BCUT2D eigenvalue weighted by atomic mass is 10.1. The fraction of sp³-hybridized carbons (Fsp3) is 0.455. The average Bonchev–Trinajstić information content (AvgIpc) is 2.99. The van der Waals surface area contributed by atoms with Crippen LogP contribution in [0.5, 0.6) is 0 Å². The topological polar surface area (TPSA) is 63.4 Å².